The zero-order valence-corrected chi connectivity index (χ0v) is 17.5. The van der Waals surface area contributed by atoms with E-state index in [0.717, 1.165) is 32.6 Å². The molecule has 3 rings (SSSR count). The lowest BCUT2D eigenvalue weighted by molar-refractivity contribution is 0.252. The molecule has 2 aromatic heterocycles. The number of allylic oxidation sites excluding steroid dienone is 1. The van der Waals surface area contributed by atoms with Gasteiger partial charge in [-0.15, -0.1) is 0 Å². The average Bonchev–Trinajstić information content (AvgIpc) is 3.16. The molecule has 0 bridgehead atoms. The minimum absolute atomic E-state index is 0.238. The topological polar surface area (TPSA) is 112 Å². The molecule has 0 saturated heterocycles. The number of carbonyl (C=O) groups excluding carboxylic acids is 1. The van der Waals surface area contributed by atoms with Crippen LogP contribution in [0.2, 0.25) is 0 Å². The Labute approximate surface area is 178 Å². The van der Waals surface area contributed by atoms with Crippen LogP contribution in [0.3, 0.4) is 0 Å². The molecule has 154 valence electrons. The number of pyridine rings is 1. The first-order chi connectivity index (χ1) is 14.5. The number of urea groups is 1. The number of aliphatic imine (C=N–C) groups is 2. The Morgan fingerprint density at radius 2 is 2.20 bits per heavy atom. The molecule has 0 unspecified atom stereocenters. The van der Waals surface area contributed by atoms with Crippen LogP contribution >= 0.6 is 11.3 Å². The fourth-order valence-electron chi connectivity index (χ4n) is 2.71. The highest BCUT2D eigenvalue weighted by atomic mass is 32.1. The second kappa shape index (κ2) is 9.86. The Hall–Kier alpha value is -3.43. The minimum Gasteiger partial charge on any atom is -0.388 e. The van der Waals surface area contributed by atoms with E-state index in [1.807, 2.05) is 44.2 Å². The largest absolute Gasteiger partial charge is 0.388 e. The third-order valence-electron chi connectivity index (χ3n) is 4.18. The van der Waals surface area contributed by atoms with Crippen molar-refractivity contribution in [2.45, 2.75) is 13.8 Å². The van der Waals surface area contributed by atoms with Crippen LogP contribution in [0.4, 0.5) is 9.93 Å². The van der Waals surface area contributed by atoms with E-state index in [0.29, 0.717) is 11.7 Å². The maximum absolute atomic E-state index is 11.9. The second-order valence-corrected chi connectivity index (χ2v) is 7.26. The molecule has 0 fully saturated rings. The highest BCUT2D eigenvalue weighted by Gasteiger charge is 2.14. The van der Waals surface area contributed by atoms with E-state index in [-0.39, 0.29) is 18.5 Å². The molecule has 3 N–H and O–H groups in total. The van der Waals surface area contributed by atoms with Crippen LogP contribution in [-0.4, -0.2) is 46.8 Å². The van der Waals surface area contributed by atoms with Crippen LogP contribution in [0, 0.1) is 0 Å². The van der Waals surface area contributed by atoms with Crippen molar-refractivity contribution in [1.29, 1.82) is 0 Å². The second-order valence-electron chi connectivity index (χ2n) is 6.26. The molecule has 8 nitrogen and oxygen atoms in total. The third-order valence-corrected chi connectivity index (χ3v) is 5.20. The summed E-state index contributed by atoms with van der Waals surface area (Å²) in [6.07, 6.45) is 3.36. The Balaban J connectivity index is 2.11. The van der Waals surface area contributed by atoms with Crippen molar-refractivity contribution in [1.82, 2.24) is 15.3 Å². The SMILES string of the molecule is C=NC(CO)=N/C=C(\C)c1cc(-c2ccccn2)c2sc(NC(=O)NCC)nc2c1. The van der Waals surface area contributed by atoms with Crippen molar-refractivity contribution in [3.05, 3.63) is 48.3 Å². The monoisotopic (exact) mass is 422 g/mol. The van der Waals surface area contributed by atoms with Crippen molar-refractivity contribution in [2.75, 3.05) is 18.5 Å². The first-order valence-corrected chi connectivity index (χ1v) is 10.1. The van der Waals surface area contributed by atoms with E-state index < -0.39 is 0 Å². The normalized spacial score (nSPS) is 12.1. The van der Waals surface area contributed by atoms with Crippen LogP contribution in [0.5, 0.6) is 0 Å². The van der Waals surface area contributed by atoms with E-state index in [2.05, 4.69) is 37.3 Å². The van der Waals surface area contributed by atoms with Gasteiger partial charge in [-0.1, -0.05) is 17.4 Å². The number of aliphatic hydroxyl groups is 1. The van der Waals surface area contributed by atoms with Gasteiger partial charge in [-0.3, -0.25) is 10.3 Å². The number of hydrogen-bond donors (Lipinski definition) is 3. The van der Waals surface area contributed by atoms with Gasteiger partial charge in [0, 0.05) is 24.5 Å². The number of fused-ring (bicyclic) bond motifs is 1. The number of hydrogen-bond acceptors (Lipinski definition) is 6. The number of amidine groups is 1. The first kappa shape index (κ1) is 21.3. The molecule has 0 aliphatic heterocycles. The zero-order chi connectivity index (χ0) is 21.5. The number of thiazole rings is 1. The van der Waals surface area contributed by atoms with Crippen molar-refractivity contribution < 1.29 is 9.90 Å². The summed E-state index contributed by atoms with van der Waals surface area (Å²) in [6, 6.07) is 9.36. The molecule has 0 spiro atoms. The first-order valence-electron chi connectivity index (χ1n) is 9.28. The number of amides is 2. The van der Waals surface area contributed by atoms with E-state index in [4.69, 9.17) is 0 Å². The zero-order valence-electron chi connectivity index (χ0n) is 16.7. The molecule has 2 heterocycles. The maximum Gasteiger partial charge on any atom is 0.321 e. The smallest absolute Gasteiger partial charge is 0.321 e. The molecule has 0 atom stereocenters. The lowest BCUT2D eigenvalue weighted by Crippen LogP contribution is -2.28. The number of benzene rings is 1. The number of nitrogens with zero attached hydrogens (tertiary/aromatic N) is 4. The van der Waals surface area contributed by atoms with Crippen LogP contribution in [0.25, 0.3) is 27.0 Å². The Kier molecular flexibility index (Phi) is 6.99. The van der Waals surface area contributed by atoms with Crippen molar-refractivity contribution in [3.8, 4) is 11.3 Å². The van der Waals surface area contributed by atoms with Crippen LogP contribution in [0.15, 0.2) is 52.7 Å². The number of carbonyl (C=O) groups is 1. The van der Waals surface area contributed by atoms with Gasteiger partial charge in [0.05, 0.1) is 15.9 Å². The third kappa shape index (κ3) is 4.94. The highest BCUT2D eigenvalue weighted by Crippen LogP contribution is 2.37. The predicted octanol–water partition coefficient (Wildman–Crippen LogP) is 3.95. The lowest BCUT2D eigenvalue weighted by atomic mass is 10.0. The summed E-state index contributed by atoms with van der Waals surface area (Å²) in [6.45, 7) is 7.39. The summed E-state index contributed by atoms with van der Waals surface area (Å²) in [5.74, 6) is 0.238. The summed E-state index contributed by atoms with van der Waals surface area (Å²) in [5.41, 5.74) is 4.20. The van der Waals surface area contributed by atoms with Gasteiger partial charge in [0.2, 0.25) is 0 Å². The summed E-state index contributed by atoms with van der Waals surface area (Å²) in [4.78, 5) is 28.8. The average molecular weight is 423 g/mol. The molecular formula is C21H22N6O2S. The summed E-state index contributed by atoms with van der Waals surface area (Å²) >= 11 is 1.39. The number of nitrogens with one attached hydrogen (secondary N) is 2. The fourth-order valence-corrected chi connectivity index (χ4v) is 3.67. The van der Waals surface area contributed by atoms with Gasteiger partial charge in [-0.25, -0.2) is 19.8 Å². The minimum atomic E-state index is -0.296. The maximum atomic E-state index is 11.9. The molecule has 3 aromatic rings. The summed E-state index contributed by atoms with van der Waals surface area (Å²) in [5, 5.41) is 15.2. The Bertz CT molecular complexity index is 1120. The van der Waals surface area contributed by atoms with Crippen LogP contribution in [0.1, 0.15) is 19.4 Å². The van der Waals surface area contributed by atoms with Gasteiger partial charge < -0.3 is 10.4 Å². The molecule has 9 heteroatoms. The van der Waals surface area contributed by atoms with Gasteiger partial charge >= 0.3 is 6.03 Å². The van der Waals surface area contributed by atoms with E-state index in [9.17, 15) is 9.90 Å². The van der Waals surface area contributed by atoms with E-state index in [1.54, 1.807) is 12.4 Å². The predicted molar refractivity (Wildman–Crippen MR) is 123 cm³/mol. The number of aliphatic hydroxyl groups excluding tert-OH is 1. The summed E-state index contributed by atoms with van der Waals surface area (Å²) < 4.78 is 0.921. The van der Waals surface area contributed by atoms with E-state index >= 15 is 0 Å². The van der Waals surface area contributed by atoms with Gasteiger partial charge in [0.25, 0.3) is 0 Å². The molecule has 0 aliphatic carbocycles. The van der Waals surface area contributed by atoms with Crippen molar-refractivity contribution in [3.63, 3.8) is 0 Å². The van der Waals surface area contributed by atoms with E-state index in [1.165, 1.54) is 11.3 Å². The van der Waals surface area contributed by atoms with Crippen LogP contribution in [-0.2, 0) is 0 Å². The van der Waals surface area contributed by atoms with Crippen LogP contribution < -0.4 is 10.6 Å². The molecule has 0 saturated carbocycles. The standard InChI is InChI=1S/C21H22N6O2S/c1-4-23-20(29)27-21-26-17-10-14(13(2)11-25-18(12-28)22-3)9-15(19(17)30-21)16-7-5-6-8-24-16/h5-11,28H,3-4,12H2,1-2H3,(H2,23,26,27,29)/b13-11+,25-18?. The van der Waals surface area contributed by atoms with Gasteiger partial charge in [0.15, 0.2) is 11.0 Å². The number of aromatic nitrogens is 2. The van der Waals surface area contributed by atoms with Gasteiger partial charge in [-0.2, -0.15) is 0 Å². The molecular weight excluding hydrogens is 400 g/mol. The van der Waals surface area contributed by atoms with Crippen molar-refractivity contribution in [2.24, 2.45) is 9.98 Å². The van der Waals surface area contributed by atoms with Gasteiger partial charge in [-0.05, 0) is 56.0 Å². The fraction of sp³-hybridized carbons (Fsp3) is 0.190. The molecule has 30 heavy (non-hydrogen) atoms. The molecule has 1 aromatic carbocycles. The molecule has 0 aliphatic rings. The lowest BCUT2D eigenvalue weighted by Gasteiger charge is -2.07. The Morgan fingerprint density at radius 1 is 1.37 bits per heavy atom. The number of anilines is 1. The van der Waals surface area contributed by atoms with Crippen molar-refractivity contribution >= 4 is 50.8 Å². The van der Waals surface area contributed by atoms with Gasteiger partial charge in [0.1, 0.15) is 6.61 Å². The molecule has 0 radical (unpaired) electrons. The quantitative estimate of drug-likeness (QED) is 0.412. The Morgan fingerprint density at radius 3 is 2.87 bits per heavy atom. The molecule has 2 amide bonds. The number of rotatable bonds is 6. The highest BCUT2D eigenvalue weighted by molar-refractivity contribution is 7.22. The summed E-state index contributed by atoms with van der Waals surface area (Å²) in [7, 11) is 0.